The van der Waals surface area contributed by atoms with E-state index >= 15 is 0 Å². The molecule has 2 aromatic carbocycles. The van der Waals surface area contributed by atoms with Crippen LogP contribution in [0.2, 0.25) is 5.04 Å². The lowest BCUT2D eigenvalue weighted by atomic mass is 9.78. The number of rotatable bonds is 21. The van der Waals surface area contributed by atoms with Gasteiger partial charge in [-0.2, -0.15) is 0 Å². The average molecular weight is 1230 g/mol. The molecular formula is C69H105NO16Si. The van der Waals surface area contributed by atoms with Crippen molar-refractivity contribution in [3.8, 4) is 0 Å². The van der Waals surface area contributed by atoms with Crippen molar-refractivity contribution < 1.29 is 76.1 Å². The van der Waals surface area contributed by atoms with Gasteiger partial charge in [0.2, 0.25) is 0 Å². The van der Waals surface area contributed by atoms with Crippen molar-refractivity contribution in [2.45, 2.75) is 244 Å². The van der Waals surface area contributed by atoms with Crippen LogP contribution in [0.15, 0.2) is 84.0 Å². The zero-order valence-electron chi connectivity index (χ0n) is 55.3. The van der Waals surface area contributed by atoms with E-state index in [2.05, 4.69) is 101 Å². The number of piperidine rings is 1. The molecule has 16 atom stereocenters. The second-order valence-corrected chi connectivity index (χ2v) is 32.4. The van der Waals surface area contributed by atoms with E-state index in [4.69, 9.17) is 51.8 Å². The van der Waals surface area contributed by atoms with Crippen LogP contribution in [0.1, 0.15) is 161 Å². The molecule has 2 aromatic rings. The van der Waals surface area contributed by atoms with Crippen LogP contribution in [0.4, 0.5) is 4.79 Å². The second-order valence-electron chi connectivity index (χ2n) is 28.1. The number of nitrogens with zero attached hydrogens (tertiary/aromatic N) is 1. The number of carbonyl (C=O) groups is 4. The molecule has 5 fully saturated rings. The van der Waals surface area contributed by atoms with Crippen LogP contribution in [0.25, 0.3) is 0 Å². The molecule has 1 aliphatic carbocycles. The summed E-state index contributed by atoms with van der Waals surface area (Å²) in [4.78, 5) is 56.2. The third-order valence-electron chi connectivity index (χ3n) is 18.7. The second kappa shape index (κ2) is 29.7. The first kappa shape index (κ1) is 70.1. The molecule has 4 heterocycles. The zero-order valence-corrected chi connectivity index (χ0v) is 56.3. The topological polar surface area (TPSA) is 193 Å². The van der Waals surface area contributed by atoms with E-state index < -0.39 is 98.0 Å². The first-order valence-corrected chi connectivity index (χ1v) is 33.8. The van der Waals surface area contributed by atoms with E-state index in [0.717, 1.165) is 36.8 Å². The smallest absolute Gasteiger partial charge is 0.411 e. The number of amides is 1. The number of allylic oxidation sites excluding steroid dienone is 2. The molecule has 486 valence electrons. The summed E-state index contributed by atoms with van der Waals surface area (Å²) in [6.45, 7) is 26.4. The average Bonchev–Trinajstić information content (AvgIpc) is 1.52. The largest absolute Gasteiger partial charge is 0.467 e. The first-order chi connectivity index (χ1) is 41.0. The van der Waals surface area contributed by atoms with Gasteiger partial charge in [-0.15, -0.1) is 0 Å². The summed E-state index contributed by atoms with van der Waals surface area (Å²) >= 11 is 0. The molecule has 1 amide bonds. The number of carbonyl (C=O) groups excluding carboxylic acids is 4. The van der Waals surface area contributed by atoms with Crippen molar-refractivity contribution in [2.75, 3.05) is 41.6 Å². The molecule has 7 rings (SSSR count). The van der Waals surface area contributed by atoms with Gasteiger partial charge in [0.05, 0.1) is 43.7 Å². The predicted molar refractivity (Wildman–Crippen MR) is 335 cm³/mol. The molecule has 0 aromatic heterocycles. The minimum absolute atomic E-state index is 0.0390. The Kier molecular flexibility index (Phi) is 24.0. The minimum Gasteiger partial charge on any atom is -0.467 e. The Labute approximate surface area is 520 Å². The van der Waals surface area contributed by atoms with Crippen molar-refractivity contribution in [3.63, 3.8) is 0 Å². The van der Waals surface area contributed by atoms with Crippen molar-refractivity contribution in [1.82, 2.24) is 4.90 Å². The third kappa shape index (κ3) is 17.0. The molecule has 1 N–H and O–H groups in total. The van der Waals surface area contributed by atoms with E-state index in [1.165, 1.54) is 22.4 Å². The number of esters is 2. The lowest BCUT2D eigenvalue weighted by molar-refractivity contribution is -0.419. The first-order valence-electron chi connectivity index (χ1n) is 31.9. The SMILES string of the molecule is COC(=O)[C@H](O)[C@@H]1O[C@H]([C@H](C[C@@H](C)C/C(C)=C/[C@H]2CC(=O)CO[C@@]23C[C@@H]([C@@H](C)[C@H](OC(=O)[C@@H]2CCCCN2C(=O)OC(C)(C)C)/C(C)=C/[C@@H]2CC[C@@H](O[Si](c4ccccc4)(c4ccccc4)C(C)(C)C)[C@H](OC)C2)OC(C)(C)O3)OC)[C@@H](OC)C[C@H]1C. The van der Waals surface area contributed by atoms with Crippen molar-refractivity contribution >= 4 is 42.5 Å². The maximum Gasteiger partial charge on any atom is 0.411 e. The summed E-state index contributed by atoms with van der Waals surface area (Å²) in [5, 5.41) is 13.1. The van der Waals surface area contributed by atoms with Crippen molar-refractivity contribution in [1.29, 1.82) is 0 Å². The number of hydrogen-bond acceptors (Lipinski definition) is 16. The highest BCUT2D eigenvalue weighted by atomic mass is 28.4. The van der Waals surface area contributed by atoms with Gasteiger partial charge in [0.1, 0.15) is 30.5 Å². The molecule has 0 unspecified atom stereocenters. The molecule has 5 aliphatic rings. The third-order valence-corrected chi connectivity index (χ3v) is 23.7. The van der Waals surface area contributed by atoms with Gasteiger partial charge >= 0.3 is 18.0 Å². The number of ketones is 1. The standard InChI is InChI=1S/C69H105NO16Si/c1-43(34-44(2)36-56(77-15)62-57(78-16)38-46(4)61(81-62)59(72)64(74)79-17)35-49-40-50(71)42-80-69(49)41-58(83-68(12,13)86-69)47(5)60(82-63(73)53-30-24-25-33-70(53)65(75)84-66(6,7)8)45(3)37-48-31-32-54(55(39-48)76-14)85-87(67(9,10)11,51-26-20-18-21-27-51)52-28-22-19-23-29-52/h18-23,26-29,35,37,44,46-49,53-62,72H,24-25,30-34,36,38-42H2,1-17H3/b43-35+,45-37+/t44-,46+,47+,48-,49-,53-,54+,55+,56-,57-,58-,59+,60+,61+,62+,69+/m0/s1. The molecule has 87 heavy (non-hydrogen) atoms. The number of ether oxygens (including phenoxy) is 10. The van der Waals surface area contributed by atoms with Gasteiger partial charge in [-0.25, -0.2) is 14.4 Å². The van der Waals surface area contributed by atoms with Crippen LogP contribution in [0.5, 0.6) is 0 Å². The monoisotopic (exact) mass is 1230 g/mol. The lowest BCUT2D eigenvalue weighted by Crippen LogP contribution is -2.68. The van der Waals surface area contributed by atoms with Crippen LogP contribution in [0, 0.1) is 29.6 Å². The van der Waals surface area contributed by atoms with Gasteiger partial charge in [0.25, 0.3) is 8.32 Å². The van der Waals surface area contributed by atoms with Crippen molar-refractivity contribution in [2.24, 2.45) is 29.6 Å². The minimum atomic E-state index is -2.92. The van der Waals surface area contributed by atoms with Crippen LogP contribution < -0.4 is 10.4 Å². The Morgan fingerprint density at radius 2 is 1.48 bits per heavy atom. The molecule has 0 radical (unpaired) electrons. The number of aliphatic hydroxyl groups excluding tert-OH is 1. The Hall–Kier alpha value is -4.34. The summed E-state index contributed by atoms with van der Waals surface area (Å²) in [5.41, 5.74) is 1.10. The van der Waals surface area contributed by atoms with E-state index in [0.29, 0.717) is 38.6 Å². The number of likely N-dealkylation sites (tertiary alicyclic amines) is 1. The van der Waals surface area contributed by atoms with Crippen LogP contribution in [-0.4, -0.2) is 162 Å². The van der Waals surface area contributed by atoms with E-state index in [-0.39, 0.29) is 66.3 Å². The Bertz CT molecular complexity index is 2610. The molecule has 4 saturated heterocycles. The molecule has 1 saturated carbocycles. The number of benzene rings is 2. The Morgan fingerprint density at radius 1 is 0.839 bits per heavy atom. The van der Waals surface area contributed by atoms with E-state index in [1.54, 1.807) is 21.3 Å². The van der Waals surface area contributed by atoms with Gasteiger partial charge < -0.3 is 56.9 Å². The van der Waals surface area contributed by atoms with Gasteiger partial charge in [-0.1, -0.05) is 120 Å². The molecular weight excluding hydrogens is 1130 g/mol. The maximum atomic E-state index is 15.0. The highest BCUT2D eigenvalue weighted by Gasteiger charge is 2.57. The van der Waals surface area contributed by atoms with E-state index in [1.807, 2.05) is 62.3 Å². The van der Waals surface area contributed by atoms with Gasteiger partial charge in [0, 0.05) is 52.6 Å². The van der Waals surface area contributed by atoms with Gasteiger partial charge in [0.15, 0.2) is 23.5 Å². The normalized spacial score (nSPS) is 30.4. The highest BCUT2D eigenvalue weighted by Crippen LogP contribution is 2.48. The molecule has 1 spiro atoms. The number of aliphatic hydroxyl groups is 1. The molecule has 18 heteroatoms. The lowest BCUT2D eigenvalue weighted by Gasteiger charge is -2.53. The quantitative estimate of drug-likeness (QED) is 0.0536. The summed E-state index contributed by atoms with van der Waals surface area (Å²) in [6, 6.07) is 20.5. The van der Waals surface area contributed by atoms with Crippen LogP contribution >= 0.6 is 0 Å². The van der Waals surface area contributed by atoms with Crippen molar-refractivity contribution in [3.05, 3.63) is 84.0 Å². The summed E-state index contributed by atoms with van der Waals surface area (Å²) < 4.78 is 70.6. The number of Topliss-reactive ketones (excluding diaryl/α,β-unsaturated/α-hetero) is 1. The molecule has 0 bridgehead atoms. The highest BCUT2D eigenvalue weighted by molar-refractivity contribution is 6.99. The molecule has 17 nitrogen and oxygen atoms in total. The summed E-state index contributed by atoms with van der Waals surface area (Å²) in [6.07, 6.45) is 4.64. The predicted octanol–water partition coefficient (Wildman–Crippen LogP) is 10.6. The fraction of sp³-hybridized carbons (Fsp3) is 0.710. The van der Waals surface area contributed by atoms with E-state index in [9.17, 15) is 24.3 Å². The summed E-state index contributed by atoms with van der Waals surface area (Å²) in [5.74, 6) is -4.89. The van der Waals surface area contributed by atoms with Gasteiger partial charge in [-0.05, 0) is 145 Å². The summed E-state index contributed by atoms with van der Waals surface area (Å²) in [7, 11) is 3.34. The van der Waals surface area contributed by atoms with Crippen LogP contribution in [-0.2, 0) is 66.2 Å². The van der Waals surface area contributed by atoms with Gasteiger partial charge in [-0.3, -0.25) is 9.69 Å². The number of hydrogen-bond donors (Lipinski definition) is 1. The van der Waals surface area contributed by atoms with Crippen LogP contribution in [0.3, 0.4) is 0 Å². The Balaban J connectivity index is 1.16. The Morgan fingerprint density at radius 3 is 2.07 bits per heavy atom. The fourth-order valence-corrected chi connectivity index (χ4v) is 19.3. The maximum absolute atomic E-state index is 15.0. The molecule has 4 aliphatic heterocycles. The fourth-order valence-electron chi connectivity index (χ4n) is 14.6. The zero-order chi connectivity index (χ0) is 63.8. The number of methoxy groups -OCH3 is 4.